The summed E-state index contributed by atoms with van der Waals surface area (Å²) < 4.78 is 16.4. The van der Waals surface area contributed by atoms with E-state index in [4.69, 9.17) is 14.0 Å². The molecule has 0 unspecified atom stereocenters. The molecule has 0 bridgehead atoms. The van der Waals surface area contributed by atoms with Crippen molar-refractivity contribution in [1.29, 1.82) is 0 Å². The largest absolute Gasteiger partial charge is 0.493 e. The van der Waals surface area contributed by atoms with Gasteiger partial charge < -0.3 is 19.3 Å². The monoisotopic (exact) mass is 429 g/mol. The minimum atomic E-state index is -0.129. The van der Waals surface area contributed by atoms with Crippen molar-refractivity contribution in [3.8, 4) is 11.5 Å². The summed E-state index contributed by atoms with van der Waals surface area (Å²) in [6.07, 6.45) is 2.84. The summed E-state index contributed by atoms with van der Waals surface area (Å²) in [6.45, 7) is 6.66. The molecule has 1 aromatic carbocycles. The molecule has 0 aliphatic rings. The normalized spacial score (nSPS) is 10.8. The highest BCUT2D eigenvalue weighted by Crippen LogP contribution is 2.29. The van der Waals surface area contributed by atoms with Crippen molar-refractivity contribution < 1.29 is 18.8 Å². The van der Waals surface area contributed by atoms with E-state index in [-0.39, 0.29) is 5.91 Å². The highest BCUT2D eigenvalue weighted by atomic mass is 32.1. The van der Waals surface area contributed by atoms with Gasteiger partial charge in [-0.25, -0.2) is 4.98 Å². The number of aromatic nitrogens is 2. The van der Waals surface area contributed by atoms with Gasteiger partial charge in [0.1, 0.15) is 12.4 Å². The fourth-order valence-electron chi connectivity index (χ4n) is 3.01. The number of carbonyl (C=O) groups excluding carboxylic acids is 1. The molecule has 3 rings (SSSR count). The molecule has 160 valence electrons. The number of amides is 1. The fraction of sp³-hybridized carbons (Fsp3) is 0.409. The van der Waals surface area contributed by atoms with Crippen LogP contribution in [0.25, 0.3) is 0 Å². The molecule has 0 aliphatic carbocycles. The first kappa shape index (κ1) is 21.8. The van der Waals surface area contributed by atoms with Crippen LogP contribution in [0.3, 0.4) is 0 Å². The van der Waals surface area contributed by atoms with Gasteiger partial charge >= 0.3 is 0 Å². The smallest absolute Gasteiger partial charge is 0.251 e. The summed E-state index contributed by atoms with van der Waals surface area (Å²) in [5.74, 6) is 1.67. The third kappa shape index (κ3) is 5.60. The quantitative estimate of drug-likeness (QED) is 0.481. The number of rotatable bonds is 10. The molecular formula is C22H27N3O4S. The topological polar surface area (TPSA) is 86.5 Å². The Labute approximate surface area is 180 Å². The van der Waals surface area contributed by atoms with E-state index in [2.05, 4.69) is 20.8 Å². The van der Waals surface area contributed by atoms with Gasteiger partial charge in [0.15, 0.2) is 11.5 Å². The van der Waals surface area contributed by atoms with Crippen LogP contribution in [0.1, 0.15) is 50.9 Å². The zero-order valence-corrected chi connectivity index (χ0v) is 18.6. The molecule has 30 heavy (non-hydrogen) atoms. The van der Waals surface area contributed by atoms with Gasteiger partial charge in [-0.2, -0.15) is 0 Å². The summed E-state index contributed by atoms with van der Waals surface area (Å²) in [4.78, 5) is 16.9. The number of hydrogen-bond acceptors (Lipinski definition) is 7. The molecule has 7 nitrogen and oxygen atoms in total. The molecule has 3 aromatic rings. The van der Waals surface area contributed by atoms with Crippen LogP contribution in [0.2, 0.25) is 0 Å². The van der Waals surface area contributed by atoms with Crippen LogP contribution in [-0.4, -0.2) is 29.7 Å². The van der Waals surface area contributed by atoms with Crippen LogP contribution in [-0.2, 0) is 13.0 Å². The highest BCUT2D eigenvalue weighted by Gasteiger charge is 2.14. The van der Waals surface area contributed by atoms with E-state index < -0.39 is 0 Å². The zero-order valence-electron chi connectivity index (χ0n) is 17.8. The Kier molecular flexibility index (Phi) is 7.46. The Morgan fingerprint density at radius 1 is 1.20 bits per heavy atom. The summed E-state index contributed by atoms with van der Waals surface area (Å²) >= 11 is 1.69. The zero-order chi connectivity index (χ0) is 21.5. The first-order valence-corrected chi connectivity index (χ1v) is 10.8. The van der Waals surface area contributed by atoms with Gasteiger partial charge in [-0.3, -0.25) is 4.79 Å². The first-order chi connectivity index (χ1) is 14.5. The molecule has 1 amide bonds. The van der Waals surface area contributed by atoms with Gasteiger partial charge in [0.2, 0.25) is 0 Å². The number of ether oxygens (including phenoxy) is 2. The molecule has 0 aliphatic heterocycles. The predicted octanol–water partition coefficient (Wildman–Crippen LogP) is 4.40. The maximum absolute atomic E-state index is 12.5. The second-order valence-corrected chi connectivity index (χ2v) is 8.00. The Bertz CT molecular complexity index is 977. The number of carbonyl (C=O) groups is 1. The summed E-state index contributed by atoms with van der Waals surface area (Å²) in [6, 6.07) is 5.17. The predicted molar refractivity (Wildman–Crippen MR) is 115 cm³/mol. The van der Waals surface area contributed by atoms with Gasteiger partial charge in [0, 0.05) is 23.2 Å². The SMILES string of the molecule is COc1cc(C(=O)NCCCCc2nc(C)cs2)ccc1OCc1c(C)noc1C. The number of benzene rings is 1. The molecular weight excluding hydrogens is 402 g/mol. The minimum Gasteiger partial charge on any atom is -0.493 e. The lowest BCUT2D eigenvalue weighted by Gasteiger charge is -2.12. The molecule has 0 saturated heterocycles. The Morgan fingerprint density at radius 3 is 2.70 bits per heavy atom. The lowest BCUT2D eigenvalue weighted by atomic mass is 10.1. The Hall–Kier alpha value is -2.87. The summed E-state index contributed by atoms with van der Waals surface area (Å²) in [7, 11) is 1.56. The highest BCUT2D eigenvalue weighted by molar-refractivity contribution is 7.09. The summed E-state index contributed by atoms with van der Waals surface area (Å²) in [5.41, 5.74) is 3.31. The first-order valence-electron chi connectivity index (χ1n) is 9.89. The van der Waals surface area contributed by atoms with Gasteiger partial charge in [0.25, 0.3) is 5.91 Å². The van der Waals surface area contributed by atoms with Crippen LogP contribution in [0.5, 0.6) is 11.5 Å². The lowest BCUT2D eigenvalue weighted by molar-refractivity contribution is 0.0952. The van der Waals surface area contributed by atoms with Gasteiger partial charge in [0.05, 0.1) is 23.4 Å². The maximum Gasteiger partial charge on any atom is 0.251 e. The molecule has 8 heteroatoms. The number of methoxy groups -OCH3 is 1. The number of aryl methyl sites for hydroxylation is 4. The van der Waals surface area contributed by atoms with Crippen molar-refractivity contribution >= 4 is 17.2 Å². The summed E-state index contributed by atoms with van der Waals surface area (Å²) in [5, 5.41) is 10.1. The van der Waals surface area contributed by atoms with Crippen molar-refractivity contribution in [2.24, 2.45) is 0 Å². The molecule has 0 fully saturated rings. The van der Waals surface area contributed by atoms with Crippen molar-refractivity contribution in [2.45, 2.75) is 46.6 Å². The molecule has 2 heterocycles. The second-order valence-electron chi connectivity index (χ2n) is 7.05. The second kappa shape index (κ2) is 10.2. The average Bonchev–Trinajstić information content (AvgIpc) is 3.30. The van der Waals surface area contributed by atoms with Crippen molar-refractivity contribution in [3.05, 3.63) is 56.9 Å². The number of hydrogen-bond donors (Lipinski definition) is 1. The Balaban J connectivity index is 1.49. The van der Waals surface area contributed by atoms with Crippen LogP contribution in [0.4, 0.5) is 0 Å². The van der Waals surface area contributed by atoms with Crippen molar-refractivity contribution in [1.82, 2.24) is 15.5 Å². The Morgan fingerprint density at radius 2 is 2.03 bits per heavy atom. The number of unbranched alkanes of at least 4 members (excludes halogenated alkanes) is 1. The maximum atomic E-state index is 12.5. The van der Waals surface area contributed by atoms with Crippen molar-refractivity contribution in [3.63, 3.8) is 0 Å². The van der Waals surface area contributed by atoms with E-state index in [1.165, 1.54) is 0 Å². The minimum absolute atomic E-state index is 0.129. The van der Waals surface area contributed by atoms with Crippen LogP contribution < -0.4 is 14.8 Å². The molecule has 2 aromatic heterocycles. The number of nitrogens with one attached hydrogen (secondary N) is 1. The van der Waals surface area contributed by atoms with Crippen molar-refractivity contribution in [2.75, 3.05) is 13.7 Å². The van der Waals surface area contributed by atoms with E-state index in [0.717, 1.165) is 47.0 Å². The standard InChI is InChI=1S/C22H27N3O4S/c1-14-13-30-21(24-14)7-5-6-10-23-22(26)17-8-9-19(20(11-17)27-4)28-12-18-15(2)25-29-16(18)3/h8-9,11,13H,5-7,10,12H2,1-4H3,(H,23,26). The number of thiazole rings is 1. The van der Waals surface area contributed by atoms with E-state index in [9.17, 15) is 4.79 Å². The van der Waals surface area contributed by atoms with E-state index in [1.807, 2.05) is 20.8 Å². The number of nitrogens with zero attached hydrogens (tertiary/aromatic N) is 2. The van der Waals surface area contributed by atoms with Crippen LogP contribution in [0.15, 0.2) is 28.1 Å². The molecule has 0 saturated carbocycles. The van der Waals surface area contributed by atoms with Gasteiger partial charge in [-0.1, -0.05) is 5.16 Å². The molecule has 0 atom stereocenters. The van der Waals surface area contributed by atoms with Gasteiger partial charge in [-0.05, 0) is 58.2 Å². The molecule has 1 N–H and O–H groups in total. The van der Waals surface area contributed by atoms with E-state index in [1.54, 1.807) is 36.6 Å². The van der Waals surface area contributed by atoms with E-state index >= 15 is 0 Å². The fourth-order valence-corrected chi connectivity index (χ4v) is 3.83. The van der Waals surface area contributed by atoms with Crippen LogP contribution >= 0.6 is 11.3 Å². The third-order valence-corrected chi connectivity index (χ3v) is 5.78. The van der Waals surface area contributed by atoms with Gasteiger partial charge in [-0.15, -0.1) is 11.3 Å². The van der Waals surface area contributed by atoms with Crippen LogP contribution in [0, 0.1) is 20.8 Å². The molecule has 0 spiro atoms. The third-order valence-electron chi connectivity index (χ3n) is 4.75. The van der Waals surface area contributed by atoms with E-state index in [0.29, 0.717) is 30.2 Å². The average molecular weight is 430 g/mol. The molecule has 0 radical (unpaired) electrons. The lowest BCUT2D eigenvalue weighted by Crippen LogP contribution is -2.24.